The molecule has 0 bridgehead atoms. The van der Waals surface area contributed by atoms with Gasteiger partial charge in [-0.15, -0.1) is 0 Å². The number of nitrogens with one attached hydrogen (secondary N) is 1. The third-order valence-electron chi connectivity index (χ3n) is 5.83. The maximum atomic E-state index is 13.2. The lowest BCUT2D eigenvalue weighted by Gasteiger charge is -2.21. The van der Waals surface area contributed by atoms with Crippen molar-refractivity contribution in [1.82, 2.24) is 4.31 Å². The molecular formula is C25H26ClN3O6S2. The van der Waals surface area contributed by atoms with Gasteiger partial charge >= 0.3 is 0 Å². The fourth-order valence-corrected chi connectivity index (χ4v) is 6.70. The van der Waals surface area contributed by atoms with Crippen LogP contribution in [0.1, 0.15) is 12.5 Å². The van der Waals surface area contributed by atoms with Crippen LogP contribution in [0.15, 0.2) is 76.5 Å². The van der Waals surface area contributed by atoms with Gasteiger partial charge in [0.05, 0.1) is 28.6 Å². The van der Waals surface area contributed by atoms with Crippen LogP contribution in [0.2, 0.25) is 5.02 Å². The van der Waals surface area contributed by atoms with Crippen LogP contribution >= 0.6 is 11.6 Å². The average Bonchev–Trinajstić information content (AvgIpc) is 3.29. The second-order valence-electron chi connectivity index (χ2n) is 8.34. The molecular weight excluding hydrogens is 538 g/mol. The summed E-state index contributed by atoms with van der Waals surface area (Å²) in [5.41, 5.74) is 1.64. The third kappa shape index (κ3) is 5.74. The predicted octanol–water partition coefficient (Wildman–Crippen LogP) is 3.75. The van der Waals surface area contributed by atoms with Crippen LogP contribution in [0.3, 0.4) is 0 Å². The Morgan fingerprint density at radius 1 is 1.00 bits per heavy atom. The summed E-state index contributed by atoms with van der Waals surface area (Å²) in [7, 11) is -6.42. The van der Waals surface area contributed by atoms with Gasteiger partial charge in [-0.1, -0.05) is 17.7 Å². The molecule has 9 nitrogen and oxygen atoms in total. The van der Waals surface area contributed by atoms with Crippen molar-refractivity contribution in [2.45, 2.75) is 23.1 Å². The first-order valence-electron chi connectivity index (χ1n) is 11.4. The number of amides is 1. The summed E-state index contributed by atoms with van der Waals surface area (Å²) in [5, 5.41) is 3.10. The number of carbonyl (C=O) groups excluding carboxylic acids is 1. The molecule has 1 amide bonds. The van der Waals surface area contributed by atoms with E-state index in [-0.39, 0.29) is 16.3 Å². The Balaban J connectivity index is 1.47. The smallest absolute Gasteiger partial charge is 0.264 e. The van der Waals surface area contributed by atoms with Gasteiger partial charge in [-0.3, -0.25) is 9.10 Å². The molecule has 1 N–H and O–H groups in total. The molecule has 1 aliphatic heterocycles. The van der Waals surface area contributed by atoms with Gasteiger partial charge in [0.25, 0.3) is 10.0 Å². The number of benzene rings is 3. The van der Waals surface area contributed by atoms with Crippen LogP contribution in [0.25, 0.3) is 0 Å². The Kier molecular flexibility index (Phi) is 7.79. The average molecular weight is 564 g/mol. The number of carbonyl (C=O) groups is 1. The lowest BCUT2D eigenvalue weighted by atomic mass is 10.1. The maximum absolute atomic E-state index is 13.2. The zero-order valence-corrected chi connectivity index (χ0v) is 22.6. The number of nitrogens with zero attached hydrogens (tertiary/aromatic N) is 2. The molecule has 0 aromatic heterocycles. The molecule has 1 heterocycles. The summed E-state index contributed by atoms with van der Waals surface area (Å²) in [6, 6.07) is 16.9. The molecule has 0 atom stereocenters. The zero-order chi connectivity index (χ0) is 26.8. The first kappa shape index (κ1) is 26.9. The summed E-state index contributed by atoms with van der Waals surface area (Å²) in [6.07, 6.45) is 0.527. The molecule has 37 heavy (non-hydrogen) atoms. The van der Waals surface area contributed by atoms with E-state index in [0.717, 1.165) is 9.87 Å². The van der Waals surface area contributed by atoms with Crippen LogP contribution in [-0.4, -0.2) is 53.8 Å². The number of ether oxygens (including phenoxy) is 1. The molecule has 196 valence electrons. The highest BCUT2D eigenvalue weighted by Crippen LogP contribution is 2.35. The minimum atomic E-state index is -3.91. The molecule has 0 saturated carbocycles. The topological polar surface area (TPSA) is 113 Å². The molecule has 0 fully saturated rings. The summed E-state index contributed by atoms with van der Waals surface area (Å²) in [4.78, 5) is 12.8. The minimum absolute atomic E-state index is 0.0341. The number of likely N-dealkylation sites (N-methyl/N-ethyl adjacent to an activating group) is 1. The van der Waals surface area contributed by atoms with Crippen molar-refractivity contribution in [3.63, 3.8) is 0 Å². The number of halogens is 1. The Labute approximate surface area is 221 Å². The summed E-state index contributed by atoms with van der Waals surface area (Å²) in [5.74, 6) is -0.0207. The number of fused-ring (bicyclic) bond motifs is 1. The van der Waals surface area contributed by atoms with E-state index in [1.807, 2.05) is 6.92 Å². The van der Waals surface area contributed by atoms with Crippen molar-refractivity contribution in [1.29, 1.82) is 0 Å². The predicted molar refractivity (Wildman–Crippen MR) is 142 cm³/mol. The summed E-state index contributed by atoms with van der Waals surface area (Å²) < 4.78 is 59.7. The van der Waals surface area contributed by atoms with Crippen LogP contribution in [0.4, 0.5) is 11.4 Å². The van der Waals surface area contributed by atoms with E-state index in [4.69, 9.17) is 16.3 Å². The van der Waals surface area contributed by atoms with Crippen molar-refractivity contribution in [2.75, 3.05) is 36.4 Å². The number of hydrogen-bond acceptors (Lipinski definition) is 6. The van der Waals surface area contributed by atoms with E-state index in [1.54, 1.807) is 30.3 Å². The Morgan fingerprint density at radius 3 is 2.30 bits per heavy atom. The van der Waals surface area contributed by atoms with E-state index < -0.39 is 32.5 Å². The largest absolute Gasteiger partial charge is 0.494 e. The molecule has 12 heteroatoms. The standard InChI is InChI=1S/C25H26ClN3O6S2/c1-3-35-21-8-12-22(13-9-21)36(31,32)28(2)17-25(30)27-20-7-4-18-14-15-29(24(18)16-20)37(33,34)23-10-5-19(26)6-11-23/h4-13,16H,3,14-15,17H2,1-2H3,(H,27,30). The molecule has 0 unspecified atom stereocenters. The molecule has 3 aromatic carbocycles. The Hall–Kier alpha value is -3.12. The highest BCUT2D eigenvalue weighted by molar-refractivity contribution is 7.92. The van der Waals surface area contributed by atoms with Gasteiger partial charge in [0.15, 0.2) is 0 Å². The highest BCUT2D eigenvalue weighted by atomic mass is 35.5. The van der Waals surface area contributed by atoms with Gasteiger partial charge in [-0.05, 0) is 79.6 Å². The van der Waals surface area contributed by atoms with E-state index in [0.29, 0.717) is 35.2 Å². The fraction of sp³-hybridized carbons (Fsp3) is 0.240. The summed E-state index contributed by atoms with van der Waals surface area (Å²) >= 11 is 5.89. The van der Waals surface area contributed by atoms with Crippen LogP contribution in [0.5, 0.6) is 5.75 Å². The lowest BCUT2D eigenvalue weighted by molar-refractivity contribution is -0.116. The zero-order valence-electron chi connectivity index (χ0n) is 20.2. The van der Waals surface area contributed by atoms with Crippen molar-refractivity contribution in [3.05, 3.63) is 77.3 Å². The first-order chi connectivity index (χ1) is 17.5. The van der Waals surface area contributed by atoms with Gasteiger partial charge in [0.2, 0.25) is 15.9 Å². The second kappa shape index (κ2) is 10.7. The molecule has 0 aliphatic carbocycles. The van der Waals surface area contributed by atoms with Gasteiger partial charge in [-0.25, -0.2) is 16.8 Å². The van der Waals surface area contributed by atoms with Crippen molar-refractivity contribution < 1.29 is 26.4 Å². The van der Waals surface area contributed by atoms with Gasteiger partial charge in [0, 0.05) is 24.3 Å². The molecule has 4 rings (SSSR count). The number of anilines is 2. The monoisotopic (exact) mass is 563 g/mol. The van der Waals surface area contributed by atoms with Crippen molar-refractivity contribution in [3.8, 4) is 5.75 Å². The van der Waals surface area contributed by atoms with Crippen LogP contribution < -0.4 is 14.4 Å². The van der Waals surface area contributed by atoms with E-state index in [1.165, 1.54) is 47.8 Å². The van der Waals surface area contributed by atoms with E-state index in [2.05, 4.69) is 5.32 Å². The maximum Gasteiger partial charge on any atom is 0.264 e. The van der Waals surface area contributed by atoms with Gasteiger partial charge in [-0.2, -0.15) is 4.31 Å². The lowest BCUT2D eigenvalue weighted by Crippen LogP contribution is -2.35. The van der Waals surface area contributed by atoms with Crippen LogP contribution in [0, 0.1) is 0 Å². The van der Waals surface area contributed by atoms with E-state index in [9.17, 15) is 21.6 Å². The van der Waals surface area contributed by atoms with Gasteiger partial charge < -0.3 is 10.1 Å². The van der Waals surface area contributed by atoms with Gasteiger partial charge in [0.1, 0.15) is 5.75 Å². The molecule has 0 saturated heterocycles. The van der Waals surface area contributed by atoms with Crippen LogP contribution in [-0.2, 0) is 31.3 Å². The van der Waals surface area contributed by atoms with Crippen molar-refractivity contribution >= 4 is 48.9 Å². The number of hydrogen-bond donors (Lipinski definition) is 1. The molecule has 0 spiro atoms. The normalized spacial score (nSPS) is 13.5. The Morgan fingerprint density at radius 2 is 1.65 bits per heavy atom. The minimum Gasteiger partial charge on any atom is -0.494 e. The second-order valence-corrected chi connectivity index (χ2v) is 12.7. The Bertz CT molecular complexity index is 1510. The van der Waals surface area contributed by atoms with E-state index >= 15 is 0 Å². The fourth-order valence-electron chi connectivity index (χ4n) is 3.95. The van der Waals surface area contributed by atoms with Crippen molar-refractivity contribution in [2.24, 2.45) is 0 Å². The summed E-state index contributed by atoms with van der Waals surface area (Å²) in [6.45, 7) is 2.12. The number of rotatable bonds is 9. The molecule has 0 radical (unpaired) electrons. The molecule has 3 aromatic rings. The quantitative estimate of drug-likeness (QED) is 0.424. The molecule has 1 aliphatic rings. The SMILES string of the molecule is CCOc1ccc(S(=O)(=O)N(C)CC(=O)Nc2ccc3c(c2)N(S(=O)(=O)c2ccc(Cl)cc2)CC3)cc1. The third-order valence-corrected chi connectivity index (χ3v) is 9.73. The highest BCUT2D eigenvalue weighted by Gasteiger charge is 2.31. The number of sulfonamides is 2. The first-order valence-corrected chi connectivity index (χ1v) is 14.7.